The van der Waals surface area contributed by atoms with Gasteiger partial charge < -0.3 is 10.2 Å². The van der Waals surface area contributed by atoms with E-state index in [0.29, 0.717) is 26.2 Å². The molecule has 0 unspecified atom stereocenters. The molecule has 2 rings (SSSR count). The number of nitrogens with one attached hydrogen (secondary N) is 1. The summed E-state index contributed by atoms with van der Waals surface area (Å²) in [4.78, 5) is 1.62. The van der Waals surface area contributed by atoms with Crippen molar-refractivity contribution in [3.63, 3.8) is 0 Å². The first-order chi connectivity index (χ1) is 8.54. The molecule has 1 aromatic rings. The average molecular weight is 255 g/mol. The Bertz CT molecular complexity index is 470. The molecule has 1 fully saturated rings. The molecule has 0 atom stereocenters. The number of hydrogen-bond acceptors (Lipinski definition) is 3. The molecule has 1 aliphatic heterocycles. The molecular formula is C12H12F3N3. The monoisotopic (exact) mass is 255 g/mol. The molecule has 96 valence electrons. The summed E-state index contributed by atoms with van der Waals surface area (Å²) in [7, 11) is 0. The van der Waals surface area contributed by atoms with E-state index in [1.807, 2.05) is 6.07 Å². The lowest BCUT2D eigenvalue weighted by atomic mass is 10.1. The Morgan fingerprint density at radius 1 is 1.22 bits per heavy atom. The van der Waals surface area contributed by atoms with E-state index in [-0.39, 0.29) is 11.3 Å². The van der Waals surface area contributed by atoms with Gasteiger partial charge in [0.05, 0.1) is 16.8 Å². The number of piperazine rings is 1. The first kappa shape index (κ1) is 12.7. The van der Waals surface area contributed by atoms with Crippen LogP contribution in [0, 0.1) is 11.3 Å². The van der Waals surface area contributed by atoms with Gasteiger partial charge in [-0.3, -0.25) is 0 Å². The third-order valence-electron chi connectivity index (χ3n) is 2.90. The number of alkyl halides is 3. The van der Waals surface area contributed by atoms with Crippen LogP contribution < -0.4 is 10.2 Å². The van der Waals surface area contributed by atoms with Crippen LogP contribution in [0.25, 0.3) is 0 Å². The van der Waals surface area contributed by atoms with Crippen LogP contribution >= 0.6 is 0 Å². The van der Waals surface area contributed by atoms with Gasteiger partial charge in [-0.1, -0.05) is 6.07 Å². The highest BCUT2D eigenvalue weighted by atomic mass is 19.4. The molecule has 0 radical (unpaired) electrons. The SMILES string of the molecule is N#Cc1cccc(C(F)(F)F)c1N1CCNCC1. The van der Waals surface area contributed by atoms with Crippen LogP contribution in [-0.2, 0) is 6.18 Å². The molecule has 1 heterocycles. The van der Waals surface area contributed by atoms with Gasteiger partial charge in [-0.2, -0.15) is 18.4 Å². The molecule has 18 heavy (non-hydrogen) atoms. The summed E-state index contributed by atoms with van der Waals surface area (Å²) in [6.45, 7) is 2.19. The van der Waals surface area contributed by atoms with Gasteiger partial charge in [0, 0.05) is 26.2 Å². The molecule has 0 saturated carbocycles. The van der Waals surface area contributed by atoms with Crippen molar-refractivity contribution in [1.82, 2.24) is 5.32 Å². The molecule has 1 N–H and O–H groups in total. The Hall–Kier alpha value is -1.74. The van der Waals surface area contributed by atoms with Crippen molar-refractivity contribution in [2.24, 2.45) is 0 Å². The summed E-state index contributed by atoms with van der Waals surface area (Å²) in [6, 6.07) is 5.56. The molecule has 0 bridgehead atoms. The third kappa shape index (κ3) is 2.41. The van der Waals surface area contributed by atoms with Gasteiger partial charge in [-0.25, -0.2) is 0 Å². The minimum absolute atomic E-state index is 0.00833. The van der Waals surface area contributed by atoms with Gasteiger partial charge in [0.1, 0.15) is 6.07 Å². The van der Waals surface area contributed by atoms with E-state index in [9.17, 15) is 13.2 Å². The molecule has 0 spiro atoms. The van der Waals surface area contributed by atoms with Crippen LogP contribution in [-0.4, -0.2) is 26.2 Å². The fourth-order valence-corrected chi connectivity index (χ4v) is 2.09. The number of benzene rings is 1. The van der Waals surface area contributed by atoms with Gasteiger partial charge >= 0.3 is 6.18 Å². The van der Waals surface area contributed by atoms with Crippen LogP contribution in [0.15, 0.2) is 18.2 Å². The van der Waals surface area contributed by atoms with E-state index >= 15 is 0 Å². The van der Waals surface area contributed by atoms with Crippen molar-refractivity contribution >= 4 is 5.69 Å². The van der Waals surface area contributed by atoms with Crippen LogP contribution in [0.4, 0.5) is 18.9 Å². The minimum Gasteiger partial charge on any atom is -0.367 e. The Kier molecular flexibility index (Phi) is 3.43. The second-order valence-electron chi connectivity index (χ2n) is 4.05. The van der Waals surface area contributed by atoms with Crippen LogP contribution in [0.1, 0.15) is 11.1 Å². The number of rotatable bonds is 1. The number of para-hydroxylation sites is 1. The fraction of sp³-hybridized carbons (Fsp3) is 0.417. The lowest BCUT2D eigenvalue weighted by Gasteiger charge is -2.32. The third-order valence-corrected chi connectivity index (χ3v) is 2.90. The normalized spacial score (nSPS) is 16.4. The molecule has 0 aromatic heterocycles. The van der Waals surface area contributed by atoms with E-state index in [1.165, 1.54) is 12.1 Å². The van der Waals surface area contributed by atoms with Crippen molar-refractivity contribution in [3.05, 3.63) is 29.3 Å². The first-order valence-corrected chi connectivity index (χ1v) is 5.60. The molecule has 0 amide bonds. The van der Waals surface area contributed by atoms with E-state index in [0.717, 1.165) is 6.07 Å². The molecule has 1 aliphatic rings. The van der Waals surface area contributed by atoms with E-state index in [2.05, 4.69) is 5.32 Å². The number of nitrogens with zero attached hydrogens (tertiary/aromatic N) is 2. The zero-order valence-corrected chi connectivity index (χ0v) is 9.59. The van der Waals surface area contributed by atoms with Gasteiger partial charge in [-0.05, 0) is 12.1 Å². The number of nitriles is 1. The summed E-state index contributed by atoms with van der Waals surface area (Å²) < 4.78 is 38.9. The van der Waals surface area contributed by atoms with E-state index in [4.69, 9.17) is 5.26 Å². The van der Waals surface area contributed by atoms with Crippen molar-refractivity contribution < 1.29 is 13.2 Å². The van der Waals surface area contributed by atoms with E-state index < -0.39 is 11.7 Å². The number of hydrogen-bond donors (Lipinski definition) is 1. The minimum atomic E-state index is -4.44. The standard InChI is InChI=1S/C12H12F3N3/c13-12(14,15)10-3-1-2-9(8-16)11(10)18-6-4-17-5-7-18/h1-3,17H,4-7H2. The smallest absolute Gasteiger partial charge is 0.367 e. The average Bonchev–Trinajstić information content (AvgIpc) is 2.38. The van der Waals surface area contributed by atoms with Gasteiger partial charge in [0.25, 0.3) is 0 Å². The predicted octanol–water partition coefficient (Wildman–Crippen LogP) is 1.99. The zero-order valence-electron chi connectivity index (χ0n) is 9.59. The van der Waals surface area contributed by atoms with Crippen LogP contribution in [0.5, 0.6) is 0 Å². The summed E-state index contributed by atoms with van der Waals surface area (Å²) in [5, 5.41) is 12.1. The lowest BCUT2D eigenvalue weighted by Crippen LogP contribution is -2.44. The maximum atomic E-state index is 13.0. The molecule has 3 nitrogen and oxygen atoms in total. The highest BCUT2D eigenvalue weighted by molar-refractivity contribution is 5.65. The van der Waals surface area contributed by atoms with Gasteiger partial charge in [0.2, 0.25) is 0 Å². The lowest BCUT2D eigenvalue weighted by molar-refractivity contribution is -0.137. The first-order valence-electron chi connectivity index (χ1n) is 5.60. The molecule has 1 aromatic carbocycles. The summed E-state index contributed by atoms with van der Waals surface area (Å²) >= 11 is 0. The van der Waals surface area contributed by atoms with Crippen LogP contribution in [0.3, 0.4) is 0 Å². The molecule has 0 aliphatic carbocycles. The topological polar surface area (TPSA) is 39.1 Å². The van der Waals surface area contributed by atoms with Crippen molar-refractivity contribution in [2.75, 3.05) is 31.1 Å². The summed E-state index contributed by atoms with van der Waals surface area (Å²) in [5.41, 5.74) is -0.649. The second-order valence-corrected chi connectivity index (χ2v) is 4.05. The van der Waals surface area contributed by atoms with Crippen molar-refractivity contribution in [2.45, 2.75) is 6.18 Å². The fourth-order valence-electron chi connectivity index (χ4n) is 2.09. The quantitative estimate of drug-likeness (QED) is 0.834. The summed E-state index contributed by atoms with van der Waals surface area (Å²) in [6.07, 6.45) is -4.44. The predicted molar refractivity (Wildman–Crippen MR) is 61.2 cm³/mol. The Morgan fingerprint density at radius 3 is 2.44 bits per heavy atom. The van der Waals surface area contributed by atoms with E-state index in [1.54, 1.807) is 4.90 Å². The Balaban J connectivity index is 2.51. The summed E-state index contributed by atoms with van der Waals surface area (Å²) in [5.74, 6) is 0. The Labute approximate surface area is 103 Å². The Morgan fingerprint density at radius 2 is 1.89 bits per heavy atom. The molecule has 6 heteroatoms. The number of halogens is 3. The van der Waals surface area contributed by atoms with Gasteiger partial charge in [0.15, 0.2) is 0 Å². The maximum Gasteiger partial charge on any atom is 0.418 e. The molecule has 1 saturated heterocycles. The van der Waals surface area contributed by atoms with Gasteiger partial charge in [-0.15, -0.1) is 0 Å². The largest absolute Gasteiger partial charge is 0.418 e. The van der Waals surface area contributed by atoms with Crippen molar-refractivity contribution in [1.29, 1.82) is 5.26 Å². The number of anilines is 1. The van der Waals surface area contributed by atoms with Crippen molar-refractivity contribution in [3.8, 4) is 6.07 Å². The van der Waals surface area contributed by atoms with Crippen LogP contribution in [0.2, 0.25) is 0 Å². The molecular weight excluding hydrogens is 243 g/mol. The maximum absolute atomic E-state index is 13.0. The highest BCUT2D eigenvalue weighted by Crippen LogP contribution is 2.38. The second kappa shape index (κ2) is 4.86. The zero-order chi connectivity index (χ0) is 13.2. The highest BCUT2D eigenvalue weighted by Gasteiger charge is 2.36.